The van der Waals surface area contributed by atoms with E-state index in [1.54, 1.807) is 37.6 Å². The van der Waals surface area contributed by atoms with Crippen LogP contribution >= 0.6 is 0 Å². The number of hydrogen-bond acceptors (Lipinski definition) is 4. The van der Waals surface area contributed by atoms with Crippen molar-refractivity contribution in [3.05, 3.63) is 94.4 Å². The number of benzene rings is 3. The summed E-state index contributed by atoms with van der Waals surface area (Å²) >= 11 is 0. The largest absolute Gasteiger partial charge is 0.497 e. The second-order valence-electron chi connectivity index (χ2n) is 6.54. The Morgan fingerprint density at radius 1 is 0.929 bits per heavy atom. The van der Waals surface area contributed by atoms with Crippen LogP contribution in [0.15, 0.2) is 77.7 Å². The Balaban J connectivity index is 1.69. The van der Waals surface area contributed by atoms with Gasteiger partial charge in [-0.05, 0) is 47.5 Å². The van der Waals surface area contributed by atoms with Crippen LogP contribution in [-0.4, -0.2) is 16.9 Å². The van der Waals surface area contributed by atoms with Gasteiger partial charge in [-0.3, -0.25) is 4.79 Å². The second-order valence-corrected chi connectivity index (χ2v) is 6.54. The summed E-state index contributed by atoms with van der Waals surface area (Å²) < 4.78 is 12.5. The van der Waals surface area contributed by atoms with Crippen molar-refractivity contribution in [3.63, 3.8) is 0 Å². The molecular formula is C23H20N2O3. The quantitative estimate of drug-likeness (QED) is 0.516. The van der Waals surface area contributed by atoms with Gasteiger partial charge in [-0.15, -0.1) is 0 Å². The second kappa shape index (κ2) is 7.56. The molecule has 1 aromatic heterocycles. The molecule has 0 aliphatic heterocycles. The molecule has 5 nitrogen and oxygen atoms in total. The molecule has 5 heteroatoms. The number of methoxy groups -OCH3 is 1. The molecule has 0 saturated heterocycles. The van der Waals surface area contributed by atoms with Crippen molar-refractivity contribution in [1.82, 2.24) is 9.78 Å². The van der Waals surface area contributed by atoms with E-state index in [9.17, 15) is 4.79 Å². The summed E-state index contributed by atoms with van der Waals surface area (Å²) in [6.45, 7) is 2.19. The van der Waals surface area contributed by atoms with Crippen molar-refractivity contribution < 1.29 is 9.47 Å². The van der Waals surface area contributed by atoms with Gasteiger partial charge in [0, 0.05) is 5.56 Å². The van der Waals surface area contributed by atoms with Crippen LogP contribution in [0.3, 0.4) is 0 Å². The van der Waals surface area contributed by atoms with Crippen LogP contribution in [0.2, 0.25) is 0 Å². The maximum Gasteiger partial charge on any atom is 0.310 e. The average Bonchev–Trinajstić information content (AvgIpc) is 2.74. The van der Waals surface area contributed by atoms with Crippen molar-refractivity contribution in [3.8, 4) is 17.2 Å². The minimum atomic E-state index is -0.260. The van der Waals surface area contributed by atoms with Gasteiger partial charge in [0.15, 0.2) is 5.75 Å². The molecule has 28 heavy (non-hydrogen) atoms. The lowest BCUT2D eigenvalue weighted by Gasteiger charge is -2.12. The first kappa shape index (κ1) is 17.8. The van der Waals surface area contributed by atoms with Crippen LogP contribution in [0, 0.1) is 6.92 Å². The molecule has 0 fully saturated rings. The highest BCUT2D eigenvalue weighted by atomic mass is 16.5. The van der Waals surface area contributed by atoms with E-state index in [4.69, 9.17) is 9.47 Å². The summed E-state index contributed by atoms with van der Waals surface area (Å²) in [6, 6.07) is 21.3. The smallest absolute Gasteiger partial charge is 0.310 e. The van der Waals surface area contributed by atoms with Crippen LogP contribution in [0.25, 0.3) is 10.8 Å². The van der Waals surface area contributed by atoms with Gasteiger partial charge in [0.1, 0.15) is 11.5 Å². The number of nitrogens with zero attached hydrogens (tertiary/aromatic N) is 2. The standard InChI is InChI=1S/C23H20N2O3/c1-16-14-24-25(15-18-8-5-7-17-6-3-4-9-21(17)18)23(26)22(16)28-20-12-10-19(27-2)11-13-20/h3-14H,15H2,1-2H3. The lowest BCUT2D eigenvalue weighted by molar-refractivity contribution is 0.412. The fraction of sp³-hybridized carbons (Fsp3) is 0.130. The van der Waals surface area contributed by atoms with Gasteiger partial charge < -0.3 is 9.47 Å². The Morgan fingerprint density at radius 2 is 1.64 bits per heavy atom. The molecule has 0 N–H and O–H groups in total. The molecule has 0 saturated carbocycles. The third-order valence-corrected chi connectivity index (χ3v) is 4.66. The fourth-order valence-corrected chi connectivity index (χ4v) is 3.14. The summed E-state index contributed by atoms with van der Waals surface area (Å²) in [6.07, 6.45) is 1.66. The maximum absolute atomic E-state index is 13.0. The summed E-state index contributed by atoms with van der Waals surface area (Å²) in [5.41, 5.74) is 1.46. The first-order chi connectivity index (χ1) is 13.7. The van der Waals surface area contributed by atoms with Gasteiger partial charge >= 0.3 is 5.56 Å². The molecular weight excluding hydrogens is 352 g/mol. The molecule has 0 radical (unpaired) electrons. The highest BCUT2D eigenvalue weighted by Crippen LogP contribution is 2.24. The van der Waals surface area contributed by atoms with Crippen molar-refractivity contribution in [2.45, 2.75) is 13.5 Å². The number of fused-ring (bicyclic) bond motifs is 1. The summed E-state index contributed by atoms with van der Waals surface area (Å²) in [7, 11) is 1.61. The Bertz CT molecular complexity index is 1180. The van der Waals surface area contributed by atoms with Crippen LogP contribution in [0.5, 0.6) is 17.2 Å². The molecule has 0 spiro atoms. The fourth-order valence-electron chi connectivity index (χ4n) is 3.14. The molecule has 0 aliphatic rings. The van der Waals surface area contributed by atoms with Crippen molar-refractivity contribution >= 4 is 10.8 Å². The van der Waals surface area contributed by atoms with E-state index in [0.29, 0.717) is 17.9 Å². The van der Waals surface area contributed by atoms with Gasteiger partial charge in [-0.2, -0.15) is 5.10 Å². The Morgan fingerprint density at radius 3 is 2.43 bits per heavy atom. The van der Waals surface area contributed by atoms with Crippen molar-refractivity contribution in [1.29, 1.82) is 0 Å². The minimum Gasteiger partial charge on any atom is -0.497 e. The number of hydrogen-bond donors (Lipinski definition) is 0. The topological polar surface area (TPSA) is 53.4 Å². The van der Waals surface area contributed by atoms with E-state index in [1.165, 1.54) is 4.68 Å². The zero-order valence-electron chi connectivity index (χ0n) is 15.8. The van der Waals surface area contributed by atoms with E-state index in [0.717, 1.165) is 22.1 Å². The van der Waals surface area contributed by atoms with Gasteiger partial charge in [0.2, 0.25) is 0 Å². The van der Waals surface area contributed by atoms with Crippen LogP contribution < -0.4 is 15.0 Å². The molecule has 0 aliphatic carbocycles. The summed E-state index contributed by atoms with van der Waals surface area (Å²) in [5.74, 6) is 1.58. The van der Waals surface area contributed by atoms with E-state index in [2.05, 4.69) is 23.3 Å². The number of rotatable bonds is 5. The van der Waals surface area contributed by atoms with Gasteiger partial charge in [0.05, 0.1) is 19.9 Å². The van der Waals surface area contributed by atoms with Crippen molar-refractivity contribution in [2.24, 2.45) is 0 Å². The predicted molar refractivity (Wildman–Crippen MR) is 109 cm³/mol. The Hall–Kier alpha value is -3.60. The molecule has 0 atom stereocenters. The van der Waals surface area contributed by atoms with E-state index in [1.807, 2.05) is 31.2 Å². The number of ether oxygens (including phenoxy) is 2. The van der Waals surface area contributed by atoms with Gasteiger partial charge in [-0.1, -0.05) is 42.5 Å². The third-order valence-electron chi connectivity index (χ3n) is 4.66. The van der Waals surface area contributed by atoms with Gasteiger partial charge in [0.25, 0.3) is 0 Å². The minimum absolute atomic E-state index is 0.260. The normalized spacial score (nSPS) is 10.8. The number of aryl methyl sites for hydroxylation is 1. The monoisotopic (exact) mass is 372 g/mol. The van der Waals surface area contributed by atoms with Crippen molar-refractivity contribution in [2.75, 3.05) is 7.11 Å². The van der Waals surface area contributed by atoms with Crippen LogP contribution in [0.4, 0.5) is 0 Å². The number of aromatic nitrogens is 2. The molecule has 0 amide bonds. The molecule has 0 bridgehead atoms. The zero-order valence-corrected chi connectivity index (χ0v) is 15.8. The highest BCUT2D eigenvalue weighted by molar-refractivity contribution is 5.85. The molecule has 0 unspecified atom stereocenters. The highest BCUT2D eigenvalue weighted by Gasteiger charge is 2.12. The maximum atomic E-state index is 13.0. The van der Waals surface area contributed by atoms with Crippen LogP contribution in [-0.2, 0) is 6.54 Å². The molecule has 4 rings (SSSR count). The van der Waals surface area contributed by atoms with E-state index >= 15 is 0 Å². The molecule has 4 aromatic rings. The molecule has 1 heterocycles. The SMILES string of the molecule is COc1ccc(Oc2c(C)cnn(Cc3cccc4ccccc34)c2=O)cc1. The zero-order chi connectivity index (χ0) is 19.5. The lowest BCUT2D eigenvalue weighted by Crippen LogP contribution is -2.25. The van der Waals surface area contributed by atoms with E-state index in [-0.39, 0.29) is 11.3 Å². The van der Waals surface area contributed by atoms with Crippen LogP contribution in [0.1, 0.15) is 11.1 Å². The van der Waals surface area contributed by atoms with Gasteiger partial charge in [-0.25, -0.2) is 4.68 Å². The molecule has 3 aromatic carbocycles. The first-order valence-corrected chi connectivity index (χ1v) is 9.01. The Kier molecular flexibility index (Phi) is 4.81. The van der Waals surface area contributed by atoms with E-state index < -0.39 is 0 Å². The summed E-state index contributed by atoms with van der Waals surface area (Å²) in [5, 5.41) is 6.56. The molecule has 140 valence electrons. The first-order valence-electron chi connectivity index (χ1n) is 9.01. The lowest BCUT2D eigenvalue weighted by atomic mass is 10.0. The summed E-state index contributed by atoms with van der Waals surface area (Å²) in [4.78, 5) is 13.0. The third kappa shape index (κ3) is 3.47. The Labute approximate surface area is 162 Å². The average molecular weight is 372 g/mol. The predicted octanol–water partition coefficient (Wildman–Crippen LogP) is 4.55.